The number of benzene rings is 2. The van der Waals surface area contributed by atoms with Gasteiger partial charge in [-0.1, -0.05) is 24.3 Å². The predicted molar refractivity (Wildman–Crippen MR) is 124 cm³/mol. The molecule has 158 valence electrons. The highest BCUT2D eigenvalue weighted by Crippen LogP contribution is 2.33. The van der Waals surface area contributed by atoms with Gasteiger partial charge in [-0.25, -0.2) is 4.98 Å². The largest absolute Gasteiger partial charge is 0.487 e. The summed E-state index contributed by atoms with van der Waals surface area (Å²) in [5.74, 6) is 0.766. The van der Waals surface area contributed by atoms with Gasteiger partial charge in [0.1, 0.15) is 12.4 Å². The fraction of sp³-hybridized carbons (Fsp3) is 0.115. The number of pyridine rings is 2. The fourth-order valence-electron chi connectivity index (χ4n) is 3.75. The maximum atomic E-state index is 9.46. The van der Waals surface area contributed by atoms with E-state index < -0.39 is 0 Å². The van der Waals surface area contributed by atoms with Crippen LogP contribution in [0.2, 0.25) is 0 Å². The van der Waals surface area contributed by atoms with Crippen molar-refractivity contribution in [2.45, 2.75) is 13.2 Å². The number of ether oxygens (including phenoxy) is 1. The first-order valence-electron chi connectivity index (χ1n) is 10.5. The Bertz CT molecular complexity index is 1330. The Morgan fingerprint density at radius 3 is 2.47 bits per heavy atom. The van der Waals surface area contributed by atoms with Crippen LogP contribution in [0, 0.1) is 0 Å². The number of hydrogen-bond acceptors (Lipinski definition) is 5. The number of para-hydroxylation sites is 1. The van der Waals surface area contributed by atoms with Crippen LogP contribution in [-0.4, -0.2) is 31.5 Å². The molecular formula is C26H22N4O2. The molecule has 0 saturated heterocycles. The lowest BCUT2D eigenvalue weighted by Crippen LogP contribution is -2.06. The van der Waals surface area contributed by atoms with Crippen molar-refractivity contribution in [2.24, 2.45) is 0 Å². The molecule has 0 aliphatic carbocycles. The van der Waals surface area contributed by atoms with E-state index in [0.717, 1.165) is 44.7 Å². The Hall–Kier alpha value is -4.03. The van der Waals surface area contributed by atoms with Crippen LogP contribution in [0.25, 0.3) is 33.3 Å². The van der Waals surface area contributed by atoms with Gasteiger partial charge in [0.2, 0.25) is 0 Å². The molecule has 0 unspecified atom stereocenters. The van der Waals surface area contributed by atoms with E-state index in [1.54, 1.807) is 12.4 Å². The van der Waals surface area contributed by atoms with Crippen molar-refractivity contribution in [3.63, 3.8) is 0 Å². The molecule has 0 atom stereocenters. The normalized spacial score (nSPS) is 11.0. The van der Waals surface area contributed by atoms with Crippen LogP contribution in [-0.2, 0) is 13.2 Å². The number of fused-ring (bicyclic) bond motifs is 1. The smallest absolute Gasteiger partial charge is 0.130 e. The minimum atomic E-state index is 0.0183. The molecule has 0 fully saturated rings. The molecule has 5 aromatic rings. The van der Waals surface area contributed by atoms with Gasteiger partial charge < -0.3 is 9.84 Å². The van der Waals surface area contributed by atoms with E-state index in [1.165, 1.54) is 0 Å². The van der Waals surface area contributed by atoms with Crippen LogP contribution < -0.4 is 4.74 Å². The van der Waals surface area contributed by atoms with E-state index in [4.69, 9.17) is 4.74 Å². The van der Waals surface area contributed by atoms with Crippen LogP contribution >= 0.6 is 0 Å². The molecule has 6 nitrogen and oxygen atoms in total. The van der Waals surface area contributed by atoms with Gasteiger partial charge in [-0.15, -0.1) is 0 Å². The van der Waals surface area contributed by atoms with Gasteiger partial charge in [0.25, 0.3) is 0 Å². The Kier molecular flexibility index (Phi) is 5.59. The van der Waals surface area contributed by atoms with Crippen molar-refractivity contribution < 1.29 is 9.84 Å². The minimum Gasteiger partial charge on any atom is -0.487 e. The van der Waals surface area contributed by atoms with Gasteiger partial charge in [-0.05, 0) is 54.1 Å². The third kappa shape index (κ3) is 4.08. The van der Waals surface area contributed by atoms with Crippen molar-refractivity contribution in [3.8, 4) is 28.1 Å². The lowest BCUT2D eigenvalue weighted by atomic mass is 10.0. The van der Waals surface area contributed by atoms with E-state index >= 15 is 0 Å². The summed E-state index contributed by atoms with van der Waals surface area (Å²) >= 11 is 0. The van der Waals surface area contributed by atoms with Crippen LogP contribution in [0.4, 0.5) is 0 Å². The van der Waals surface area contributed by atoms with Crippen LogP contribution in [0.15, 0.2) is 91.4 Å². The summed E-state index contributed by atoms with van der Waals surface area (Å²) < 4.78 is 7.80. The molecule has 0 saturated carbocycles. The van der Waals surface area contributed by atoms with E-state index in [2.05, 4.69) is 21.1 Å². The number of hydrogen-bond donors (Lipinski definition) is 1. The van der Waals surface area contributed by atoms with Crippen LogP contribution in [0.1, 0.15) is 5.69 Å². The molecular weight excluding hydrogens is 400 g/mol. The molecule has 0 radical (unpaired) electrons. The summed E-state index contributed by atoms with van der Waals surface area (Å²) in [5, 5.41) is 15.1. The lowest BCUT2D eigenvalue weighted by molar-refractivity contribution is 0.270. The number of aliphatic hydroxyl groups is 1. The third-order valence-corrected chi connectivity index (χ3v) is 5.31. The van der Waals surface area contributed by atoms with Gasteiger partial charge in [-0.2, -0.15) is 5.10 Å². The second-order valence-corrected chi connectivity index (χ2v) is 7.40. The summed E-state index contributed by atoms with van der Waals surface area (Å²) in [5.41, 5.74) is 5.82. The minimum absolute atomic E-state index is 0.0183. The highest BCUT2D eigenvalue weighted by molar-refractivity contribution is 5.81. The van der Waals surface area contributed by atoms with E-state index in [-0.39, 0.29) is 6.61 Å². The Morgan fingerprint density at radius 2 is 1.66 bits per heavy atom. The molecule has 3 aromatic heterocycles. The average Bonchev–Trinajstić information content (AvgIpc) is 3.27. The standard InChI is InChI=1S/C26H22N4O2/c31-16-15-30-26(24(17-28-30)19-11-13-27-14-12-19)21-6-9-23(10-7-21)32-18-22-8-5-20-3-1-2-4-25(20)29-22/h1-14,17,31H,15-16,18H2. The second kappa shape index (κ2) is 8.99. The van der Waals surface area contributed by atoms with Crippen LogP contribution in [0.3, 0.4) is 0 Å². The van der Waals surface area contributed by atoms with E-state index in [0.29, 0.717) is 13.2 Å². The first-order valence-corrected chi connectivity index (χ1v) is 10.5. The number of aliphatic hydroxyl groups excluding tert-OH is 1. The lowest BCUT2D eigenvalue weighted by Gasteiger charge is -2.11. The van der Waals surface area contributed by atoms with Crippen molar-refractivity contribution in [3.05, 3.63) is 97.1 Å². The van der Waals surface area contributed by atoms with Gasteiger partial charge in [-0.3, -0.25) is 9.67 Å². The van der Waals surface area contributed by atoms with Crippen molar-refractivity contribution in [2.75, 3.05) is 6.61 Å². The Labute approximate surface area is 185 Å². The summed E-state index contributed by atoms with van der Waals surface area (Å²) in [6, 6.07) is 23.9. The van der Waals surface area contributed by atoms with Crippen molar-refractivity contribution in [1.82, 2.24) is 19.7 Å². The van der Waals surface area contributed by atoms with Crippen molar-refractivity contribution >= 4 is 10.9 Å². The second-order valence-electron chi connectivity index (χ2n) is 7.40. The molecule has 0 aliphatic rings. The maximum absolute atomic E-state index is 9.46. The molecule has 0 amide bonds. The third-order valence-electron chi connectivity index (χ3n) is 5.31. The van der Waals surface area contributed by atoms with E-state index in [9.17, 15) is 5.11 Å². The highest BCUT2D eigenvalue weighted by atomic mass is 16.5. The van der Waals surface area contributed by atoms with Gasteiger partial charge >= 0.3 is 0 Å². The van der Waals surface area contributed by atoms with Gasteiger partial charge in [0, 0.05) is 28.9 Å². The first-order chi connectivity index (χ1) is 15.8. The SMILES string of the molecule is OCCn1ncc(-c2ccncc2)c1-c1ccc(OCc2ccc3ccccc3n2)cc1. The first kappa shape index (κ1) is 19.9. The molecule has 0 aliphatic heterocycles. The zero-order valence-electron chi connectivity index (χ0n) is 17.4. The summed E-state index contributed by atoms with van der Waals surface area (Å²) in [7, 11) is 0. The van der Waals surface area contributed by atoms with Gasteiger partial charge in [0.05, 0.1) is 36.3 Å². The summed E-state index contributed by atoms with van der Waals surface area (Å²) in [4.78, 5) is 8.76. The van der Waals surface area contributed by atoms with Crippen molar-refractivity contribution in [1.29, 1.82) is 0 Å². The van der Waals surface area contributed by atoms with E-state index in [1.807, 2.05) is 77.6 Å². The number of aromatic nitrogens is 4. The monoisotopic (exact) mass is 422 g/mol. The molecule has 5 rings (SSSR count). The molecule has 3 heterocycles. The maximum Gasteiger partial charge on any atom is 0.130 e. The topological polar surface area (TPSA) is 73.1 Å². The predicted octanol–water partition coefficient (Wildman–Crippen LogP) is 4.73. The highest BCUT2D eigenvalue weighted by Gasteiger charge is 2.15. The number of rotatable bonds is 7. The molecule has 1 N–H and O–H groups in total. The number of nitrogens with zero attached hydrogens (tertiary/aromatic N) is 4. The zero-order valence-corrected chi connectivity index (χ0v) is 17.4. The molecule has 32 heavy (non-hydrogen) atoms. The Balaban J connectivity index is 1.38. The quantitative estimate of drug-likeness (QED) is 0.410. The summed E-state index contributed by atoms with van der Waals surface area (Å²) in [6.07, 6.45) is 5.36. The molecule has 0 spiro atoms. The summed E-state index contributed by atoms with van der Waals surface area (Å²) in [6.45, 7) is 0.839. The molecule has 0 bridgehead atoms. The van der Waals surface area contributed by atoms with Gasteiger partial charge in [0.15, 0.2) is 0 Å². The zero-order chi connectivity index (χ0) is 21.8. The Morgan fingerprint density at radius 1 is 0.844 bits per heavy atom. The van der Waals surface area contributed by atoms with Crippen LogP contribution in [0.5, 0.6) is 5.75 Å². The average molecular weight is 422 g/mol. The fourth-order valence-corrected chi connectivity index (χ4v) is 3.75. The molecule has 6 heteroatoms. The molecule has 2 aromatic carbocycles.